The van der Waals surface area contributed by atoms with E-state index in [9.17, 15) is 19.5 Å². The first kappa shape index (κ1) is 18.3. The van der Waals surface area contributed by atoms with Crippen molar-refractivity contribution in [1.82, 2.24) is 5.32 Å². The van der Waals surface area contributed by atoms with Crippen LogP contribution in [-0.4, -0.2) is 28.4 Å². The van der Waals surface area contributed by atoms with Crippen molar-refractivity contribution in [3.8, 4) is 0 Å². The minimum absolute atomic E-state index is 0.144. The van der Waals surface area contributed by atoms with Crippen LogP contribution in [-0.2, 0) is 9.59 Å². The zero-order valence-corrected chi connectivity index (χ0v) is 14.4. The van der Waals surface area contributed by atoms with E-state index in [1.54, 1.807) is 19.9 Å². The van der Waals surface area contributed by atoms with Gasteiger partial charge in [-0.05, 0) is 31.0 Å². The molecular formula is C17H21ClN2O4. The minimum Gasteiger partial charge on any atom is -0.480 e. The van der Waals surface area contributed by atoms with Gasteiger partial charge in [-0.2, -0.15) is 0 Å². The van der Waals surface area contributed by atoms with Gasteiger partial charge in [0.15, 0.2) is 0 Å². The second-order valence-electron chi connectivity index (χ2n) is 6.39. The van der Waals surface area contributed by atoms with Crippen molar-refractivity contribution in [3.63, 3.8) is 0 Å². The number of rotatable bonds is 5. The molecule has 130 valence electrons. The maximum Gasteiger partial charge on any atom is 0.329 e. The minimum atomic E-state index is -1.24. The molecule has 6 nitrogen and oxygen atoms in total. The highest BCUT2D eigenvalue weighted by Crippen LogP contribution is 2.31. The molecule has 1 aliphatic carbocycles. The van der Waals surface area contributed by atoms with Crippen molar-refractivity contribution in [2.75, 3.05) is 5.32 Å². The standard InChI is InChI=1S/C17H21ClN2O4/c1-10(2)14(21)19-11-5-6-13(18)12(9-11)15(22)20-17(16(23)24)7-3-4-8-17/h5-6,9-10H,3-4,7-8H2,1-2H3,(H,19,21)(H,20,22)(H,23,24). The van der Waals surface area contributed by atoms with E-state index in [1.165, 1.54) is 12.1 Å². The van der Waals surface area contributed by atoms with Gasteiger partial charge in [-0.3, -0.25) is 9.59 Å². The summed E-state index contributed by atoms with van der Waals surface area (Å²) in [5, 5.41) is 15.0. The highest BCUT2D eigenvalue weighted by molar-refractivity contribution is 6.34. The van der Waals surface area contributed by atoms with E-state index in [-0.39, 0.29) is 22.4 Å². The number of carboxylic acids is 1. The van der Waals surface area contributed by atoms with Crippen LogP contribution in [0.25, 0.3) is 0 Å². The van der Waals surface area contributed by atoms with E-state index in [1.807, 2.05) is 0 Å². The Balaban J connectivity index is 2.22. The van der Waals surface area contributed by atoms with Gasteiger partial charge in [0.25, 0.3) is 5.91 Å². The van der Waals surface area contributed by atoms with E-state index < -0.39 is 17.4 Å². The fourth-order valence-corrected chi connectivity index (χ4v) is 2.92. The van der Waals surface area contributed by atoms with E-state index in [0.717, 1.165) is 12.8 Å². The SMILES string of the molecule is CC(C)C(=O)Nc1ccc(Cl)c(C(=O)NC2(C(=O)O)CCCC2)c1. The molecule has 0 heterocycles. The zero-order chi connectivity index (χ0) is 17.9. The topological polar surface area (TPSA) is 95.5 Å². The van der Waals surface area contributed by atoms with E-state index in [4.69, 9.17) is 11.6 Å². The molecule has 1 saturated carbocycles. The van der Waals surface area contributed by atoms with Crippen LogP contribution in [0, 0.1) is 5.92 Å². The first-order chi connectivity index (χ1) is 11.2. The maximum absolute atomic E-state index is 12.5. The van der Waals surface area contributed by atoms with Gasteiger partial charge >= 0.3 is 5.97 Å². The lowest BCUT2D eigenvalue weighted by Gasteiger charge is -2.25. The molecule has 1 aromatic carbocycles. The van der Waals surface area contributed by atoms with Gasteiger partial charge in [0.2, 0.25) is 5.91 Å². The van der Waals surface area contributed by atoms with Crippen LogP contribution in [0.1, 0.15) is 49.9 Å². The van der Waals surface area contributed by atoms with Crippen LogP contribution in [0.4, 0.5) is 5.69 Å². The van der Waals surface area contributed by atoms with E-state index in [2.05, 4.69) is 10.6 Å². The molecule has 1 aromatic rings. The fourth-order valence-electron chi connectivity index (χ4n) is 2.72. The number of carbonyl (C=O) groups is 3. The fraction of sp³-hybridized carbons (Fsp3) is 0.471. The quantitative estimate of drug-likeness (QED) is 0.758. The summed E-state index contributed by atoms with van der Waals surface area (Å²) in [5.41, 5.74) is -0.651. The summed E-state index contributed by atoms with van der Waals surface area (Å²) in [6.45, 7) is 3.52. The molecule has 24 heavy (non-hydrogen) atoms. The molecule has 0 spiro atoms. The Hall–Kier alpha value is -2.08. The Morgan fingerprint density at radius 2 is 1.83 bits per heavy atom. The Labute approximate surface area is 145 Å². The number of hydrogen-bond acceptors (Lipinski definition) is 3. The van der Waals surface area contributed by atoms with Crippen molar-refractivity contribution in [2.24, 2.45) is 5.92 Å². The smallest absolute Gasteiger partial charge is 0.329 e. The number of carbonyl (C=O) groups excluding carboxylic acids is 2. The second-order valence-corrected chi connectivity index (χ2v) is 6.79. The predicted molar refractivity (Wildman–Crippen MR) is 91.2 cm³/mol. The second kappa shape index (κ2) is 7.21. The molecule has 0 unspecified atom stereocenters. The lowest BCUT2D eigenvalue weighted by atomic mass is 9.97. The van der Waals surface area contributed by atoms with Crippen LogP contribution in [0.2, 0.25) is 5.02 Å². The molecule has 0 radical (unpaired) electrons. The van der Waals surface area contributed by atoms with Crippen molar-refractivity contribution >= 4 is 35.1 Å². The van der Waals surface area contributed by atoms with Crippen molar-refractivity contribution in [2.45, 2.75) is 45.1 Å². The molecule has 0 bridgehead atoms. The first-order valence-electron chi connectivity index (χ1n) is 7.91. The predicted octanol–water partition coefficient (Wildman–Crippen LogP) is 3.06. The van der Waals surface area contributed by atoms with Gasteiger partial charge in [-0.1, -0.05) is 38.3 Å². The van der Waals surface area contributed by atoms with Crippen LogP contribution < -0.4 is 10.6 Å². The third kappa shape index (κ3) is 3.87. The normalized spacial score (nSPS) is 16.0. The summed E-state index contributed by atoms with van der Waals surface area (Å²) in [6, 6.07) is 4.57. The summed E-state index contributed by atoms with van der Waals surface area (Å²) < 4.78 is 0. The third-order valence-corrected chi connectivity index (χ3v) is 4.55. The first-order valence-corrected chi connectivity index (χ1v) is 8.29. The summed E-state index contributed by atoms with van der Waals surface area (Å²) >= 11 is 6.08. The summed E-state index contributed by atoms with van der Waals surface area (Å²) in [7, 11) is 0. The van der Waals surface area contributed by atoms with Gasteiger partial charge in [-0.15, -0.1) is 0 Å². The lowest BCUT2D eigenvalue weighted by molar-refractivity contribution is -0.144. The third-order valence-electron chi connectivity index (χ3n) is 4.22. The van der Waals surface area contributed by atoms with Crippen LogP contribution >= 0.6 is 11.6 Å². The summed E-state index contributed by atoms with van der Waals surface area (Å²) in [6.07, 6.45) is 2.31. The summed E-state index contributed by atoms with van der Waals surface area (Å²) in [4.78, 5) is 35.9. The maximum atomic E-state index is 12.5. The van der Waals surface area contributed by atoms with Gasteiger partial charge in [0.05, 0.1) is 10.6 Å². The number of benzene rings is 1. The number of anilines is 1. The Bertz CT molecular complexity index is 667. The highest BCUT2D eigenvalue weighted by Gasteiger charge is 2.42. The molecule has 1 aliphatic rings. The number of aliphatic carboxylic acids is 1. The molecule has 2 amide bonds. The molecule has 1 fully saturated rings. The molecule has 2 rings (SSSR count). The number of hydrogen-bond donors (Lipinski definition) is 3. The Morgan fingerprint density at radius 3 is 2.38 bits per heavy atom. The largest absolute Gasteiger partial charge is 0.480 e. The van der Waals surface area contributed by atoms with Crippen molar-refractivity contribution in [1.29, 1.82) is 0 Å². The Morgan fingerprint density at radius 1 is 1.21 bits per heavy atom. The summed E-state index contributed by atoms with van der Waals surface area (Å²) in [5.74, 6) is -1.97. The van der Waals surface area contributed by atoms with Gasteiger partial charge < -0.3 is 15.7 Å². The monoisotopic (exact) mass is 352 g/mol. The molecule has 0 aromatic heterocycles. The molecule has 0 atom stereocenters. The molecule has 3 N–H and O–H groups in total. The number of amides is 2. The van der Waals surface area contributed by atoms with Crippen LogP contribution in [0.15, 0.2) is 18.2 Å². The average Bonchev–Trinajstić information content (AvgIpc) is 2.98. The van der Waals surface area contributed by atoms with Gasteiger partial charge in [0.1, 0.15) is 5.54 Å². The lowest BCUT2D eigenvalue weighted by Crippen LogP contribution is -2.52. The van der Waals surface area contributed by atoms with E-state index in [0.29, 0.717) is 18.5 Å². The molecule has 0 saturated heterocycles. The van der Waals surface area contributed by atoms with Gasteiger partial charge in [-0.25, -0.2) is 4.79 Å². The highest BCUT2D eigenvalue weighted by atomic mass is 35.5. The van der Waals surface area contributed by atoms with Gasteiger partial charge in [0, 0.05) is 11.6 Å². The van der Waals surface area contributed by atoms with E-state index >= 15 is 0 Å². The average molecular weight is 353 g/mol. The van der Waals surface area contributed by atoms with Crippen LogP contribution in [0.5, 0.6) is 0 Å². The molecule has 7 heteroatoms. The number of nitrogens with one attached hydrogen (secondary N) is 2. The number of carboxylic acid groups (broad SMARTS) is 1. The van der Waals surface area contributed by atoms with Crippen LogP contribution in [0.3, 0.4) is 0 Å². The molecule has 0 aliphatic heterocycles. The van der Waals surface area contributed by atoms with Crippen molar-refractivity contribution in [3.05, 3.63) is 28.8 Å². The number of halogens is 1. The van der Waals surface area contributed by atoms with Crippen molar-refractivity contribution < 1.29 is 19.5 Å². The Kier molecular flexibility index (Phi) is 5.49. The molecular weight excluding hydrogens is 332 g/mol. The zero-order valence-electron chi connectivity index (χ0n) is 13.7.